The van der Waals surface area contributed by atoms with Crippen LogP contribution in [0.1, 0.15) is 26.3 Å². The van der Waals surface area contributed by atoms with Crippen LogP contribution in [0.25, 0.3) is 10.1 Å². The molecule has 1 fully saturated rings. The van der Waals surface area contributed by atoms with Crippen LogP contribution in [-0.2, 0) is 0 Å². The molecule has 0 atom stereocenters. The number of nitrogens with one attached hydrogen (secondary N) is 2. The van der Waals surface area contributed by atoms with Crippen LogP contribution in [0.15, 0.2) is 66.2 Å². The molecule has 7 nitrogen and oxygen atoms in total. The number of carbonyl (C=O) groups excluding carboxylic acids is 2. The number of aromatic nitrogens is 1. The topological polar surface area (TPSA) is 98.1 Å². The average Bonchev–Trinajstić information content (AvgIpc) is 3.25. The number of para-hydroxylation sites is 1. The second-order valence-corrected chi connectivity index (χ2v) is 9.11. The van der Waals surface area contributed by atoms with E-state index in [9.17, 15) is 9.59 Å². The molecule has 0 aliphatic carbocycles. The number of carbonyl (C=O) groups is 2. The van der Waals surface area contributed by atoms with Gasteiger partial charge < -0.3 is 15.5 Å². The minimum atomic E-state index is -0.273. The number of rotatable bonds is 5. The standard InChI is InChI=1S/C26H21N5O2S/c1-16-6-2-4-8-21(16)29-24-22(10-18(12-28-24)26(33)31-13-17(11-27)14-31)30-25(32)20-15-34-23-9-5-3-7-19(20)23/h2-10,12,15,17H,13-14H2,1H3,(H,28,29)(H,30,32). The number of hydrogen-bond acceptors (Lipinski definition) is 6. The van der Waals surface area contributed by atoms with Gasteiger partial charge in [-0.05, 0) is 30.7 Å². The quantitative estimate of drug-likeness (QED) is 0.421. The van der Waals surface area contributed by atoms with E-state index in [4.69, 9.17) is 5.26 Å². The van der Waals surface area contributed by atoms with Crippen molar-refractivity contribution in [3.8, 4) is 6.07 Å². The highest BCUT2D eigenvalue weighted by atomic mass is 32.1. The Bertz CT molecular complexity index is 1450. The van der Waals surface area contributed by atoms with Crippen molar-refractivity contribution >= 4 is 50.4 Å². The smallest absolute Gasteiger partial charge is 0.257 e. The molecule has 2 N–H and O–H groups in total. The number of aryl methyl sites for hydroxylation is 1. The predicted molar refractivity (Wildman–Crippen MR) is 133 cm³/mol. The summed E-state index contributed by atoms with van der Waals surface area (Å²) in [4.78, 5) is 32.2. The van der Waals surface area contributed by atoms with Crippen molar-refractivity contribution < 1.29 is 9.59 Å². The summed E-state index contributed by atoms with van der Waals surface area (Å²) in [5, 5.41) is 17.9. The molecule has 0 radical (unpaired) electrons. The van der Waals surface area contributed by atoms with E-state index < -0.39 is 0 Å². The molecule has 0 unspecified atom stereocenters. The lowest BCUT2D eigenvalue weighted by molar-refractivity contribution is 0.0577. The van der Waals surface area contributed by atoms with E-state index in [1.807, 2.05) is 60.8 Å². The number of likely N-dealkylation sites (tertiary alicyclic amines) is 1. The fourth-order valence-corrected chi connectivity index (χ4v) is 4.81. The molecule has 3 heterocycles. The fraction of sp³-hybridized carbons (Fsp3) is 0.154. The molecule has 4 aromatic rings. The molecule has 0 bridgehead atoms. The number of thiophene rings is 1. The minimum Gasteiger partial charge on any atom is -0.338 e. The minimum absolute atomic E-state index is 0.134. The maximum Gasteiger partial charge on any atom is 0.257 e. The summed E-state index contributed by atoms with van der Waals surface area (Å²) >= 11 is 1.51. The van der Waals surface area contributed by atoms with Crippen LogP contribution in [0.2, 0.25) is 0 Å². The molecule has 8 heteroatoms. The van der Waals surface area contributed by atoms with Gasteiger partial charge in [0.25, 0.3) is 11.8 Å². The molecule has 0 saturated carbocycles. The first-order chi connectivity index (χ1) is 16.5. The Morgan fingerprint density at radius 2 is 1.88 bits per heavy atom. The van der Waals surface area contributed by atoms with Crippen molar-refractivity contribution in [3.63, 3.8) is 0 Å². The van der Waals surface area contributed by atoms with Gasteiger partial charge in [0.1, 0.15) is 0 Å². The lowest BCUT2D eigenvalue weighted by Crippen LogP contribution is -2.49. The summed E-state index contributed by atoms with van der Waals surface area (Å²) in [6.07, 6.45) is 1.50. The van der Waals surface area contributed by atoms with Gasteiger partial charge in [-0.3, -0.25) is 9.59 Å². The lowest BCUT2D eigenvalue weighted by atomic mass is 10.0. The number of pyridine rings is 1. The highest BCUT2D eigenvalue weighted by Gasteiger charge is 2.31. The van der Waals surface area contributed by atoms with E-state index >= 15 is 0 Å². The van der Waals surface area contributed by atoms with Crippen LogP contribution in [0.4, 0.5) is 17.2 Å². The van der Waals surface area contributed by atoms with Crippen molar-refractivity contribution in [2.24, 2.45) is 5.92 Å². The number of nitrogens with zero attached hydrogens (tertiary/aromatic N) is 3. The number of fused-ring (bicyclic) bond motifs is 1. The van der Waals surface area contributed by atoms with Crippen LogP contribution in [0.3, 0.4) is 0 Å². The second-order valence-electron chi connectivity index (χ2n) is 8.20. The molecule has 2 aromatic carbocycles. The molecule has 5 rings (SSSR count). The number of amides is 2. The van der Waals surface area contributed by atoms with E-state index in [2.05, 4.69) is 21.7 Å². The molecular weight excluding hydrogens is 446 g/mol. The summed E-state index contributed by atoms with van der Waals surface area (Å²) in [6.45, 7) is 2.79. The Kier molecular flexibility index (Phi) is 5.70. The summed E-state index contributed by atoms with van der Waals surface area (Å²) < 4.78 is 1.03. The number of nitriles is 1. The molecule has 34 heavy (non-hydrogen) atoms. The van der Waals surface area contributed by atoms with E-state index in [-0.39, 0.29) is 17.7 Å². The molecule has 2 aromatic heterocycles. The van der Waals surface area contributed by atoms with Gasteiger partial charge in [-0.1, -0.05) is 36.4 Å². The van der Waals surface area contributed by atoms with Gasteiger partial charge in [0.05, 0.1) is 28.8 Å². The molecule has 1 aliphatic rings. The van der Waals surface area contributed by atoms with Gasteiger partial charge in [0.2, 0.25) is 0 Å². The second kappa shape index (κ2) is 8.96. The number of hydrogen-bond donors (Lipinski definition) is 2. The Morgan fingerprint density at radius 1 is 1.12 bits per heavy atom. The van der Waals surface area contributed by atoms with Gasteiger partial charge in [-0.15, -0.1) is 11.3 Å². The van der Waals surface area contributed by atoms with Crippen LogP contribution in [0.5, 0.6) is 0 Å². The van der Waals surface area contributed by atoms with E-state index in [0.717, 1.165) is 21.3 Å². The van der Waals surface area contributed by atoms with Crippen LogP contribution in [0, 0.1) is 24.2 Å². The van der Waals surface area contributed by atoms with Crippen molar-refractivity contribution in [2.75, 3.05) is 23.7 Å². The number of benzene rings is 2. The molecule has 2 amide bonds. The van der Waals surface area contributed by atoms with E-state index in [1.165, 1.54) is 17.5 Å². The lowest BCUT2D eigenvalue weighted by Gasteiger charge is -2.35. The van der Waals surface area contributed by atoms with E-state index in [1.54, 1.807) is 11.0 Å². The Hall–Kier alpha value is -4.22. The van der Waals surface area contributed by atoms with Gasteiger partial charge in [0, 0.05) is 40.4 Å². The summed E-state index contributed by atoms with van der Waals surface area (Å²) in [7, 11) is 0. The highest BCUT2D eigenvalue weighted by Crippen LogP contribution is 2.30. The van der Waals surface area contributed by atoms with Crippen molar-refractivity contribution in [1.29, 1.82) is 5.26 Å². The maximum absolute atomic E-state index is 13.2. The molecule has 168 valence electrons. The fourth-order valence-electron chi connectivity index (χ4n) is 3.87. The highest BCUT2D eigenvalue weighted by molar-refractivity contribution is 7.17. The van der Waals surface area contributed by atoms with Crippen molar-refractivity contribution in [3.05, 3.63) is 82.9 Å². The third-order valence-electron chi connectivity index (χ3n) is 5.86. The van der Waals surface area contributed by atoms with Gasteiger partial charge >= 0.3 is 0 Å². The molecule has 0 spiro atoms. The summed E-state index contributed by atoms with van der Waals surface area (Å²) in [6, 6.07) is 19.3. The molecular formula is C26H21N5O2S. The van der Waals surface area contributed by atoms with Crippen LogP contribution >= 0.6 is 11.3 Å². The van der Waals surface area contributed by atoms with Crippen molar-refractivity contribution in [1.82, 2.24) is 9.88 Å². The summed E-state index contributed by atoms with van der Waals surface area (Å²) in [5.74, 6) is -0.176. The molecule has 1 aliphatic heterocycles. The third kappa shape index (κ3) is 4.09. The third-order valence-corrected chi connectivity index (χ3v) is 6.82. The Labute approximate surface area is 200 Å². The Morgan fingerprint density at radius 3 is 2.68 bits per heavy atom. The Balaban J connectivity index is 1.48. The van der Waals surface area contributed by atoms with Gasteiger partial charge in [-0.25, -0.2) is 4.98 Å². The van der Waals surface area contributed by atoms with Crippen molar-refractivity contribution in [2.45, 2.75) is 6.92 Å². The van der Waals surface area contributed by atoms with Crippen LogP contribution < -0.4 is 10.6 Å². The number of anilines is 3. The first kappa shape index (κ1) is 21.6. The molecule has 1 saturated heterocycles. The monoisotopic (exact) mass is 467 g/mol. The first-order valence-electron chi connectivity index (χ1n) is 10.8. The zero-order chi connectivity index (χ0) is 23.7. The normalized spacial score (nSPS) is 13.2. The summed E-state index contributed by atoms with van der Waals surface area (Å²) in [5.41, 5.74) is 3.21. The first-order valence-corrected chi connectivity index (χ1v) is 11.7. The average molecular weight is 468 g/mol. The maximum atomic E-state index is 13.2. The largest absolute Gasteiger partial charge is 0.338 e. The van der Waals surface area contributed by atoms with Gasteiger partial charge in [-0.2, -0.15) is 5.26 Å². The SMILES string of the molecule is Cc1ccccc1Nc1ncc(C(=O)N2CC(C#N)C2)cc1NC(=O)c1csc2ccccc12. The van der Waals surface area contributed by atoms with Gasteiger partial charge in [0.15, 0.2) is 5.82 Å². The predicted octanol–water partition coefficient (Wildman–Crippen LogP) is 5.20. The zero-order valence-electron chi connectivity index (χ0n) is 18.4. The van der Waals surface area contributed by atoms with Crippen LogP contribution in [-0.4, -0.2) is 34.8 Å². The van der Waals surface area contributed by atoms with E-state index in [0.29, 0.717) is 35.7 Å². The zero-order valence-corrected chi connectivity index (χ0v) is 19.2.